The van der Waals surface area contributed by atoms with Crippen LogP contribution in [-0.4, -0.2) is 58.8 Å². The molecule has 3 aliphatic heterocycles. The van der Waals surface area contributed by atoms with Crippen LogP contribution in [-0.2, 0) is 12.0 Å². The van der Waals surface area contributed by atoms with Crippen molar-refractivity contribution in [1.82, 2.24) is 25.0 Å². The monoisotopic (exact) mass is 431 g/mol. The van der Waals surface area contributed by atoms with E-state index in [0.717, 1.165) is 48.8 Å². The van der Waals surface area contributed by atoms with Crippen molar-refractivity contribution in [2.45, 2.75) is 44.6 Å². The van der Waals surface area contributed by atoms with Crippen molar-refractivity contribution in [2.24, 2.45) is 11.3 Å². The van der Waals surface area contributed by atoms with Gasteiger partial charge >= 0.3 is 0 Å². The van der Waals surface area contributed by atoms with E-state index < -0.39 is 5.41 Å². The summed E-state index contributed by atoms with van der Waals surface area (Å²) in [7, 11) is 2.19. The molecule has 2 saturated heterocycles. The van der Waals surface area contributed by atoms with E-state index >= 15 is 0 Å². The van der Waals surface area contributed by atoms with Crippen molar-refractivity contribution in [2.75, 3.05) is 38.1 Å². The fraction of sp³-hybridized carbons (Fsp3) is 0.583. The second kappa shape index (κ2) is 6.79. The maximum atomic E-state index is 12.6. The van der Waals surface area contributed by atoms with Gasteiger partial charge in [-0.1, -0.05) is 0 Å². The highest BCUT2D eigenvalue weighted by atomic mass is 16.2. The predicted octanol–water partition coefficient (Wildman–Crippen LogP) is 2.23. The van der Waals surface area contributed by atoms with Gasteiger partial charge < -0.3 is 15.1 Å². The van der Waals surface area contributed by atoms with Gasteiger partial charge in [0.2, 0.25) is 0 Å². The van der Waals surface area contributed by atoms with Crippen LogP contribution in [0.2, 0.25) is 0 Å². The van der Waals surface area contributed by atoms with E-state index in [-0.39, 0.29) is 5.91 Å². The number of anilines is 1. The number of aromatic nitrogens is 3. The number of hydrogen-bond acceptors (Lipinski definition) is 6. The molecule has 0 aromatic carbocycles. The number of nitriles is 1. The van der Waals surface area contributed by atoms with E-state index in [2.05, 4.69) is 28.2 Å². The molecule has 1 N–H and O–H groups in total. The number of nitrogens with one attached hydrogen (secondary N) is 1. The number of hydrogen-bond donors (Lipinski definition) is 1. The fourth-order valence-corrected chi connectivity index (χ4v) is 5.92. The Balaban J connectivity index is 1.32. The zero-order chi connectivity index (χ0) is 22.1. The number of likely N-dealkylation sites (tertiary alicyclic amines) is 1. The van der Waals surface area contributed by atoms with Crippen molar-refractivity contribution >= 4 is 11.7 Å². The van der Waals surface area contributed by atoms with Gasteiger partial charge in [-0.2, -0.15) is 10.4 Å². The summed E-state index contributed by atoms with van der Waals surface area (Å²) < 4.78 is 1.80. The first-order valence-electron chi connectivity index (χ1n) is 11.6. The van der Waals surface area contributed by atoms with Crippen molar-refractivity contribution in [3.05, 3.63) is 35.3 Å². The molecule has 1 aliphatic carbocycles. The summed E-state index contributed by atoms with van der Waals surface area (Å²) in [5.74, 6) is 1.16. The lowest BCUT2D eigenvalue weighted by molar-refractivity contribution is 0.00121. The molecular weight excluding hydrogens is 402 g/mol. The number of carbonyl (C=O) groups is 1. The molecule has 0 unspecified atom stereocenters. The standard InChI is InChI=1S/C24H29N7O/c1-23(13-25,16-3-4-16)19-11-18(21-17(27-19)12-26-22(21)32)31-8-5-20(28-31)30-9-6-24(7-10-30)14-29(2)15-24/h5,8,11,16H,3-4,6-7,9-10,12,14-15H2,1-2H3,(H,26,32)/t23-/m0/s1. The molecule has 1 amide bonds. The Labute approximate surface area is 188 Å². The average Bonchev–Trinajstić information content (AvgIpc) is 3.41. The number of rotatable bonds is 4. The van der Waals surface area contributed by atoms with Gasteiger partial charge in [-0.25, -0.2) is 4.68 Å². The molecule has 3 fully saturated rings. The van der Waals surface area contributed by atoms with Crippen LogP contribution in [0.3, 0.4) is 0 Å². The molecule has 1 atom stereocenters. The number of piperidine rings is 1. The molecule has 5 heterocycles. The van der Waals surface area contributed by atoms with Crippen LogP contribution in [0.15, 0.2) is 18.3 Å². The number of pyridine rings is 1. The number of nitrogens with zero attached hydrogens (tertiary/aromatic N) is 6. The van der Waals surface area contributed by atoms with Crippen LogP contribution < -0.4 is 10.2 Å². The van der Waals surface area contributed by atoms with E-state index in [0.29, 0.717) is 23.4 Å². The Morgan fingerprint density at radius 2 is 2.03 bits per heavy atom. The van der Waals surface area contributed by atoms with Crippen molar-refractivity contribution in [3.63, 3.8) is 0 Å². The van der Waals surface area contributed by atoms with Gasteiger partial charge in [0, 0.05) is 38.4 Å². The smallest absolute Gasteiger partial charge is 0.255 e. The molecule has 0 radical (unpaired) electrons. The highest BCUT2D eigenvalue weighted by Crippen LogP contribution is 2.47. The highest BCUT2D eigenvalue weighted by Gasteiger charge is 2.46. The first-order chi connectivity index (χ1) is 15.4. The van der Waals surface area contributed by atoms with Crippen LogP contribution in [0.1, 0.15) is 54.4 Å². The normalized spacial score (nSPS) is 23.9. The number of amides is 1. The SMILES string of the molecule is CN1CC2(CCN(c3ccn(-c4cc([C@@](C)(C#N)C5CC5)nc5c4C(=O)NC5)n3)CC2)C1. The molecule has 8 heteroatoms. The minimum absolute atomic E-state index is 0.120. The molecule has 4 aliphatic rings. The summed E-state index contributed by atoms with van der Waals surface area (Å²) in [6.07, 6.45) is 6.43. The molecular formula is C24H29N7O. The third-order valence-corrected chi connectivity index (χ3v) is 8.06. The summed E-state index contributed by atoms with van der Waals surface area (Å²) in [5, 5.41) is 17.7. The molecule has 2 aromatic rings. The number of fused-ring (bicyclic) bond motifs is 1. The van der Waals surface area contributed by atoms with Gasteiger partial charge in [0.05, 0.1) is 40.7 Å². The lowest BCUT2D eigenvalue weighted by atomic mass is 9.72. The van der Waals surface area contributed by atoms with Gasteiger partial charge in [0.1, 0.15) is 0 Å². The van der Waals surface area contributed by atoms with Gasteiger partial charge in [0.15, 0.2) is 5.82 Å². The second-order valence-corrected chi connectivity index (χ2v) is 10.4. The molecule has 8 nitrogen and oxygen atoms in total. The third-order valence-electron chi connectivity index (χ3n) is 8.06. The minimum Gasteiger partial charge on any atom is -0.355 e. The third kappa shape index (κ3) is 2.95. The number of carbonyl (C=O) groups excluding carboxylic acids is 1. The first kappa shape index (κ1) is 19.7. The zero-order valence-electron chi connectivity index (χ0n) is 18.8. The largest absolute Gasteiger partial charge is 0.355 e. The van der Waals surface area contributed by atoms with E-state index in [1.165, 1.54) is 25.9 Å². The van der Waals surface area contributed by atoms with Gasteiger partial charge in [-0.3, -0.25) is 9.78 Å². The molecule has 1 saturated carbocycles. The molecule has 166 valence electrons. The van der Waals surface area contributed by atoms with Crippen molar-refractivity contribution < 1.29 is 4.79 Å². The van der Waals surface area contributed by atoms with Gasteiger partial charge in [0.25, 0.3) is 5.91 Å². The second-order valence-electron chi connectivity index (χ2n) is 10.4. The minimum atomic E-state index is -0.636. The molecule has 1 spiro atoms. The Morgan fingerprint density at radius 3 is 2.69 bits per heavy atom. The maximum absolute atomic E-state index is 12.6. The lowest BCUT2D eigenvalue weighted by Gasteiger charge is -2.53. The summed E-state index contributed by atoms with van der Waals surface area (Å²) >= 11 is 0. The Bertz CT molecular complexity index is 1130. The quantitative estimate of drug-likeness (QED) is 0.799. The topological polar surface area (TPSA) is 90.1 Å². The van der Waals surface area contributed by atoms with Gasteiger partial charge in [-0.05, 0) is 57.1 Å². The van der Waals surface area contributed by atoms with Crippen LogP contribution in [0.4, 0.5) is 5.82 Å². The van der Waals surface area contributed by atoms with Crippen LogP contribution in [0.5, 0.6) is 0 Å². The average molecular weight is 432 g/mol. The predicted molar refractivity (Wildman–Crippen MR) is 120 cm³/mol. The molecule has 32 heavy (non-hydrogen) atoms. The Morgan fingerprint density at radius 1 is 1.28 bits per heavy atom. The van der Waals surface area contributed by atoms with Crippen molar-refractivity contribution in [1.29, 1.82) is 5.26 Å². The van der Waals surface area contributed by atoms with E-state index in [1.807, 2.05) is 25.3 Å². The Kier molecular flexibility index (Phi) is 4.19. The summed E-state index contributed by atoms with van der Waals surface area (Å²) in [5.41, 5.74) is 2.63. The molecule has 6 rings (SSSR count). The van der Waals surface area contributed by atoms with Gasteiger partial charge in [-0.15, -0.1) is 0 Å². The Hall–Kier alpha value is -2.92. The first-order valence-corrected chi connectivity index (χ1v) is 11.6. The fourth-order valence-electron chi connectivity index (χ4n) is 5.92. The molecule has 2 aromatic heterocycles. The zero-order valence-corrected chi connectivity index (χ0v) is 18.8. The lowest BCUT2D eigenvalue weighted by Crippen LogP contribution is -2.58. The summed E-state index contributed by atoms with van der Waals surface area (Å²) in [6, 6.07) is 6.46. The van der Waals surface area contributed by atoms with Crippen LogP contribution in [0, 0.1) is 22.7 Å². The van der Waals surface area contributed by atoms with E-state index in [9.17, 15) is 10.1 Å². The molecule has 0 bridgehead atoms. The van der Waals surface area contributed by atoms with E-state index in [1.54, 1.807) is 4.68 Å². The maximum Gasteiger partial charge on any atom is 0.255 e. The van der Waals surface area contributed by atoms with E-state index in [4.69, 9.17) is 10.1 Å². The highest BCUT2D eigenvalue weighted by molar-refractivity contribution is 6.01. The van der Waals surface area contributed by atoms with Crippen LogP contribution in [0.25, 0.3) is 5.69 Å². The van der Waals surface area contributed by atoms with Crippen molar-refractivity contribution in [3.8, 4) is 11.8 Å². The van der Waals surface area contributed by atoms with Crippen LogP contribution >= 0.6 is 0 Å². The summed E-state index contributed by atoms with van der Waals surface area (Å²) in [6.45, 7) is 6.81. The summed E-state index contributed by atoms with van der Waals surface area (Å²) in [4.78, 5) is 22.1.